The molecule has 2 rings (SSSR count). The number of aromatic hydroxyl groups is 1. The molecule has 0 aliphatic carbocycles. The summed E-state index contributed by atoms with van der Waals surface area (Å²) in [5.74, 6) is 0.492. The van der Waals surface area contributed by atoms with Crippen LogP contribution < -0.4 is 5.32 Å². The van der Waals surface area contributed by atoms with E-state index in [1.54, 1.807) is 18.2 Å². The zero-order valence-corrected chi connectivity index (χ0v) is 10.0. The van der Waals surface area contributed by atoms with Gasteiger partial charge in [0.2, 0.25) is 5.91 Å². The molecule has 0 radical (unpaired) electrons. The molecule has 0 fully saturated rings. The van der Waals surface area contributed by atoms with Crippen LogP contribution in [0.25, 0.3) is 11.3 Å². The van der Waals surface area contributed by atoms with Crippen LogP contribution in [0.15, 0.2) is 35.0 Å². The monoisotopic (exact) mass is 246 g/mol. The van der Waals surface area contributed by atoms with E-state index in [4.69, 9.17) is 4.52 Å². The molecule has 1 aromatic carbocycles. The third-order valence-electron chi connectivity index (χ3n) is 2.46. The number of carbonyl (C=O) groups excluding carboxylic acids is 1. The number of amides is 1. The van der Waals surface area contributed by atoms with Crippen LogP contribution in [-0.2, 0) is 4.79 Å². The molecule has 0 aliphatic rings. The fourth-order valence-corrected chi connectivity index (χ4v) is 1.62. The van der Waals surface area contributed by atoms with E-state index in [1.165, 1.54) is 12.3 Å². The molecule has 0 unspecified atom stereocenters. The summed E-state index contributed by atoms with van der Waals surface area (Å²) in [5, 5.41) is 16.1. The molecule has 1 amide bonds. The molecule has 1 heterocycles. The molecule has 5 heteroatoms. The van der Waals surface area contributed by atoms with Gasteiger partial charge in [-0.1, -0.05) is 12.1 Å². The van der Waals surface area contributed by atoms with Gasteiger partial charge in [0.05, 0.1) is 11.8 Å². The Morgan fingerprint density at radius 1 is 1.44 bits per heavy atom. The molecular formula is C13H14N2O3. The summed E-state index contributed by atoms with van der Waals surface area (Å²) in [4.78, 5) is 11.5. The van der Waals surface area contributed by atoms with Crippen molar-refractivity contribution in [1.82, 2.24) is 5.16 Å². The first-order valence-corrected chi connectivity index (χ1v) is 5.74. The van der Waals surface area contributed by atoms with Gasteiger partial charge in [0.15, 0.2) is 5.76 Å². The Balaban J connectivity index is 2.24. The number of benzene rings is 1. The highest BCUT2D eigenvalue weighted by atomic mass is 16.5. The van der Waals surface area contributed by atoms with Crippen LogP contribution in [-0.4, -0.2) is 16.2 Å². The third-order valence-corrected chi connectivity index (χ3v) is 2.46. The fraction of sp³-hybridized carbons (Fsp3) is 0.231. The Morgan fingerprint density at radius 2 is 2.28 bits per heavy atom. The highest BCUT2D eigenvalue weighted by molar-refractivity contribution is 5.91. The van der Waals surface area contributed by atoms with E-state index in [0.29, 0.717) is 23.4 Å². The van der Waals surface area contributed by atoms with Crippen molar-refractivity contribution >= 4 is 11.6 Å². The maximum absolute atomic E-state index is 11.5. The number of nitrogens with one attached hydrogen (secondary N) is 1. The molecule has 1 aromatic heterocycles. The highest BCUT2D eigenvalue weighted by Gasteiger charge is 2.10. The van der Waals surface area contributed by atoms with Crippen LogP contribution in [0.3, 0.4) is 0 Å². The van der Waals surface area contributed by atoms with Gasteiger partial charge in [-0.2, -0.15) is 0 Å². The average Bonchev–Trinajstić information content (AvgIpc) is 2.85. The van der Waals surface area contributed by atoms with Crippen LogP contribution in [0.2, 0.25) is 0 Å². The van der Waals surface area contributed by atoms with Crippen molar-refractivity contribution < 1.29 is 14.4 Å². The number of aromatic nitrogens is 1. The number of hydrogen-bond acceptors (Lipinski definition) is 4. The number of hydrogen-bond donors (Lipinski definition) is 2. The van der Waals surface area contributed by atoms with E-state index in [9.17, 15) is 9.90 Å². The predicted octanol–water partition coefficient (Wildman–Crippen LogP) is 2.79. The van der Waals surface area contributed by atoms with Gasteiger partial charge in [-0.3, -0.25) is 4.79 Å². The van der Waals surface area contributed by atoms with Crippen molar-refractivity contribution in [3.05, 3.63) is 30.5 Å². The van der Waals surface area contributed by atoms with Gasteiger partial charge in [0.25, 0.3) is 0 Å². The lowest BCUT2D eigenvalue weighted by molar-refractivity contribution is -0.116. The van der Waals surface area contributed by atoms with Crippen LogP contribution in [0.1, 0.15) is 19.8 Å². The van der Waals surface area contributed by atoms with E-state index < -0.39 is 0 Å². The average molecular weight is 246 g/mol. The molecular weight excluding hydrogens is 232 g/mol. The molecule has 94 valence electrons. The lowest BCUT2D eigenvalue weighted by atomic mass is 10.1. The summed E-state index contributed by atoms with van der Waals surface area (Å²) in [6.07, 6.45) is 2.76. The summed E-state index contributed by atoms with van der Waals surface area (Å²) in [6, 6.07) is 6.46. The van der Waals surface area contributed by atoms with Gasteiger partial charge in [0, 0.05) is 18.2 Å². The normalized spacial score (nSPS) is 10.3. The predicted molar refractivity (Wildman–Crippen MR) is 67.1 cm³/mol. The van der Waals surface area contributed by atoms with Crippen LogP contribution in [0, 0.1) is 0 Å². The molecule has 0 saturated heterocycles. The smallest absolute Gasteiger partial charge is 0.224 e. The van der Waals surface area contributed by atoms with E-state index in [-0.39, 0.29) is 11.7 Å². The van der Waals surface area contributed by atoms with Crippen molar-refractivity contribution in [2.75, 3.05) is 5.32 Å². The van der Waals surface area contributed by atoms with Crippen molar-refractivity contribution in [3.63, 3.8) is 0 Å². The highest BCUT2D eigenvalue weighted by Crippen LogP contribution is 2.31. The maximum Gasteiger partial charge on any atom is 0.224 e. The van der Waals surface area contributed by atoms with Crippen molar-refractivity contribution in [2.24, 2.45) is 0 Å². The molecule has 0 spiro atoms. The SMILES string of the molecule is CCCC(=O)Nc1ccc(O)c(-c2ccno2)c1. The molecule has 2 N–H and O–H groups in total. The number of nitrogens with zero attached hydrogens (tertiary/aromatic N) is 1. The van der Waals surface area contributed by atoms with Crippen molar-refractivity contribution in [2.45, 2.75) is 19.8 Å². The zero-order valence-electron chi connectivity index (χ0n) is 10.0. The Hall–Kier alpha value is -2.30. The van der Waals surface area contributed by atoms with E-state index >= 15 is 0 Å². The minimum absolute atomic E-state index is 0.0493. The molecule has 0 aliphatic heterocycles. The Morgan fingerprint density at radius 3 is 2.94 bits per heavy atom. The lowest BCUT2D eigenvalue weighted by Gasteiger charge is -2.07. The Kier molecular flexibility index (Phi) is 3.62. The minimum atomic E-state index is -0.0493. The van der Waals surface area contributed by atoms with E-state index in [2.05, 4.69) is 10.5 Å². The first-order chi connectivity index (χ1) is 8.70. The summed E-state index contributed by atoms with van der Waals surface area (Å²) >= 11 is 0. The quantitative estimate of drug-likeness (QED) is 0.813. The van der Waals surface area contributed by atoms with Crippen LogP contribution in [0.5, 0.6) is 5.75 Å². The maximum atomic E-state index is 11.5. The number of anilines is 1. The van der Waals surface area contributed by atoms with Crippen molar-refractivity contribution in [1.29, 1.82) is 0 Å². The fourth-order valence-electron chi connectivity index (χ4n) is 1.62. The second-order valence-corrected chi connectivity index (χ2v) is 3.91. The number of phenols is 1. The number of carbonyl (C=O) groups is 1. The van der Waals surface area contributed by atoms with Gasteiger partial charge < -0.3 is 14.9 Å². The zero-order chi connectivity index (χ0) is 13.0. The van der Waals surface area contributed by atoms with E-state index in [1.807, 2.05) is 6.92 Å². The minimum Gasteiger partial charge on any atom is -0.507 e. The molecule has 18 heavy (non-hydrogen) atoms. The summed E-state index contributed by atoms with van der Waals surface area (Å²) < 4.78 is 4.99. The first kappa shape index (κ1) is 12.2. The lowest BCUT2D eigenvalue weighted by Crippen LogP contribution is -2.10. The molecule has 0 saturated carbocycles. The largest absolute Gasteiger partial charge is 0.507 e. The van der Waals surface area contributed by atoms with Gasteiger partial charge >= 0.3 is 0 Å². The Bertz CT molecular complexity index is 535. The molecule has 5 nitrogen and oxygen atoms in total. The van der Waals surface area contributed by atoms with E-state index in [0.717, 1.165) is 6.42 Å². The molecule has 2 aromatic rings. The van der Waals surface area contributed by atoms with Gasteiger partial charge in [0.1, 0.15) is 5.75 Å². The summed E-state index contributed by atoms with van der Waals surface area (Å²) in [5.41, 5.74) is 1.12. The summed E-state index contributed by atoms with van der Waals surface area (Å²) in [6.45, 7) is 1.94. The third kappa shape index (κ3) is 2.68. The standard InChI is InChI=1S/C13H14N2O3/c1-2-3-13(17)15-9-4-5-11(16)10(8-9)12-6-7-14-18-12/h4-8,16H,2-3H2,1H3,(H,15,17). The number of rotatable bonds is 4. The van der Waals surface area contributed by atoms with Crippen LogP contribution >= 0.6 is 0 Å². The number of phenolic OH excluding ortho intramolecular Hbond substituents is 1. The van der Waals surface area contributed by atoms with Crippen molar-refractivity contribution in [3.8, 4) is 17.1 Å². The first-order valence-electron chi connectivity index (χ1n) is 5.74. The topological polar surface area (TPSA) is 75.4 Å². The summed E-state index contributed by atoms with van der Waals surface area (Å²) in [7, 11) is 0. The van der Waals surface area contributed by atoms with Gasteiger partial charge in [-0.05, 0) is 24.6 Å². The Labute approximate surface area is 104 Å². The van der Waals surface area contributed by atoms with Gasteiger partial charge in [-0.25, -0.2) is 0 Å². The van der Waals surface area contributed by atoms with Gasteiger partial charge in [-0.15, -0.1) is 0 Å². The second kappa shape index (κ2) is 5.35. The second-order valence-electron chi connectivity index (χ2n) is 3.91. The molecule has 0 atom stereocenters. The van der Waals surface area contributed by atoms with Crippen LogP contribution in [0.4, 0.5) is 5.69 Å². The molecule has 0 bridgehead atoms.